The molecule has 22 heavy (non-hydrogen) atoms. The van der Waals surface area contributed by atoms with Crippen LogP contribution in [0.3, 0.4) is 0 Å². The molecule has 0 radical (unpaired) electrons. The molecule has 0 fully saturated rings. The third kappa shape index (κ3) is 3.94. The second-order valence-electron chi connectivity index (χ2n) is 4.55. The van der Waals surface area contributed by atoms with Crippen LogP contribution in [-0.4, -0.2) is 19.1 Å². The van der Waals surface area contributed by atoms with Gasteiger partial charge in [-0.05, 0) is 43.3 Å². The summed E-state index contributed by atoms with van der Waals surface area (Å²) in [4.78, 5) is 12.0. The van der Waals surface area contributed by atoms with Gasteiger partial charge in [0, 0.05) is 11.8 Å². The van der Waals surface area contributed by atoms with Crippen LogP contribution >= 0.6 is 0 Å². The second kappa shape index (κ2) is 6.89. The van der Waals surface area contributed by atoms with Gasteiger partial charge in [-0.3, -0.25) is 4.79 Å². The maximum atomic E-state index is 13.1. The smallest absolute Gasteiger partial charge is 0.265 e. The number of hydrogen-bond acceptors (Lipinski definition) is 3. The molecule has 1 N–H and O–H groups in total. The van der Waals surface area contributed by atoms with E-state index in [-0.39, 0.29) is 5.69 Å². The minimum Gasteiger partial charge on any atom is -0.497 e. The molecule has 1 amide bonds. The van der Waals surface area contributed by atoms with E-state index in [1.807, 2.05) is 0 Å². The monoisotopic (exact) mass is 307 g/mol. The highest BCUT2D eigenvalue weighted by molar-refractivity contribution is 5.94. The predicted molar refractivity (Wildman–Crippen MR) is 78.1 cm³/mol. The molecule has 116 valence electrons. The Morgan fingerprint density at radius 3 is 2.27 bits per heavy atom. The predicted octanol–water partition coefficient (Wildman–Crippen LogP) is 3.38. The molecular weight excluding hydrogens is 292 g/mol. The fourth-order valence-electron chi connectivity index (χ4n) is 1.73. The number of hydrogen-bond donors (Lipinski definition) is 1. The average Bonchev–Trinajstić information content (AvgIpc) is 2.51. The maximum Gasteiger partial charge on any atom is 0.265 e. The van der Waals surface area contributed by atoms with Gasteiger partial charge in [0.2, 0.25) is 0 Å². The van der Waals surface area contributed by atoms with Crippen LogP contribution in [0.4, 0.5) is 14.5 Å². The van der Waals surface area contributed by atoms with Crippen LogP contribution in [-0.2, 0) is 4.79 Å². The summed E-state index contributed by atoms with van der Waals surface area (Å²) in [5.41, 5.74) is 0.161. The first-order valence-corrected chi connectivity index (χ1v) is 6.56. The maximum absolute atomic E-state index is 13.1. The summed E-state index contributed by atoms with van der Waals surface area (Å²) in [6.45, 7) is 1.56. The molecule has 0 aromatic heterocycles. The zero-order chi connectivity index (χ0) is 16.1. The third-order valence-electron chi connectivity index (χ3n) is 2.93. The molecule has 2 aromatic rings. The van der Waals surface area contributed by atoms with E-state index in [2.05, 4.69) is 5.32 Å². The number of nitrogens with one attached hydrogen (secondary N) is 1. The van der Waals surface area contributed by atoms with Crippen LogP contribution in [0.15, 0.2) is 42.5 Å². The van der Waals surface area contributed by atoms with Crippen LogP contribution in [0.1, 0.15) is 6.92 Å². The Balaban J connectivity index is 1.97. The van der Waals surface area contributed by atoms with Gasteiger partial charge in [-0.15, -0.1) is 0 Å². The number of carbonyl (C=O) groups is 1. The van der Waals surface area contributed by atoms with E-state index in [1.165, 1.54) is 6.07 Å². The fraction of sp³-hybridized carbons (Fsp3) is 0.188. The molecule has 0 aliphatic carbocycles. The topological polar surface area (TPSA) is 47.6 Å². The molecule has 1 atom stereocenters. The fourth-order valence-corrected chi connectivity index (χ4v) is 1.73. The Bertz CT molecular complexity index is 659. The normalized spacial score (nSPS) is 11.6. The van der Waals surface area contributed by atoms with Crippen molar-refractivity contribution >= 4 is 11.6 Å². The first-order chi connectivity index (χ1) is 10.5. The van der Waals surface area contributed by atoms with Crippen molar-refractivity contribution < 1.29 is 23.0 Å². The highest BCUT2D eigenvalue weighted by Crippen LogP contribution is 2.19. The molecule has 0 aliphatic heterocycles. The molecule has 0 bridgehead atoms. The molecular formula is C16H15F2NO3. The summed E-state index contributed by atoms with van der Waals surface area (Å²) in [5, 5.41) is 2.46. The Morgan fingerprint density at radius 1 is 1.05 bits per heavy atom. The van der Waals surface area contributed by atoms with Gasteiger partial charge < -0.3 is 14.8 Å². The van der Waals surface area contributed by atoms with Crippen LogP contribution in [0.5, 0.6) is 11.5 Å². The quantitative estimate of drug-likeness (QED) is 0.921. The largest absolute Gasteiger partial charge is 0.497 e. The first-order valence-electron chi connectivity index (χ1n) is 6.56. The lowest BCUT2D eigenvalue weighted by Gasteiger charge is -2.15. The van der Waals surface area contributed by atoms with Gasteiger partial charge in [-0.2, -0.15) is 0 Å². The van der Waals surface area contributed by atoms with Crippen LogP contribution in [0.2, 0.25) is 0 Å². The molecule has 4 nitrogen and oxygen atoms in total. The molecule has 0 saturated heterocycles. The van der Waals surface area contributed by atoms with Crippen molar-refractivity contribution in [2.24, 2.45) is 0 Å². The van der Waals surface area contributed by atoms with Crippen LogP contribution < -0.4 is 14.8 Å². The van der Waals surface area contributed by atoms with Crippen LogP contribution in [0.25, 0.3) is 0 Å². The van der Waals surface area contributed by atoms with Crippen LogP contribution in [0, 0.1) is 11.6 Å². The highest BCUT2D eigenvalue weighted by atomic mass is 19.2. The molecule has 0 saturated carbocycles. The summed E-state index contributed by atoms with van der Waals surface area (Å²) >= 11 is 0. The number of methoxy groups -OCH3 is 1. The number of benzene rings is 2. The standard InChI is InChI=1S/C16H15F2NO3/c1-10(22-13-6-4-12(21-2)5-7-13)16(20)19-11-3-8-14(17)15(18)9-11/h3-10H,1-2H3,(H,19,20). The summed E-state index contributed by atoms with van der Waals surface area (Å²) in [7, 11) is 1.55. The van der Waals surface area contributed by atoms with Crippen molar-refractivity contribution in [1.82, 2.24) is 0 Å². The summed E-state index contributed by atoms with van der Waals surface area (Å²) in [5.74, 6) is -1.30. The van der Waals surface area contributed by atoms with Crippen molar-refractivity contribution in [2.45, 2.75) is 13.0 Å². The van der Waals surface area contributed by atoms with Crippen molar-refractivity contribution in [3.63, 3.8) is 0 Å². The van der Waals surface area contributed by atoms with E-state index in [1.54, 1.807) is 38.3 Å². The Hall–Kier alpha value is -2.63. The third-order valence-corrected chi connectivity index (χ3v) is 2.93. The summed E-state index contributed by atoms with van der Waals surface area (Å²) in [6, 6.07) is 9.87. The molecule has 2 rings (SSSR count). The number of amides is 1. The summed E-state index contributed by atoms with van der Waals surface area (Å²) < 4.78 is 36.4. The van der Waals surface area contributed by atoms with E-state index in [0.717, 1.165) is 12.1 Å². The number of carbonyl (C=O) groups excluding carboxylic acids is 1. The van der Waals surface area contributed by atoms with Gasteiger partial charge in [0.1, 0.15) is 11.5 Å². The molecule has 2 aromatic carbocycles. The Labute approximate surface area is 126 Å². The minimum atomic E-state index is -1.03. The minimum absolute atomic E-state index is 0.161. The molecule has 0 aliphatic rings. The molecule has 6 heteroatoms. The lowest BCUT2D eigenvalue weighted by Crippen LogP contribution is -2.30. The lowest BCUT2D eigenvalue weighted by molar-refractivity contribution is -0.122. The van der Waals surface area contributed by atoms with Gasteiger partial charge in [-0.25, -0.2) is 8.78 Å². The Kier molecular flexibility index (Phi) is 4.93. The number of anilines is 1. The molecule has 1 unspecified atom stereocenters. The molecule has 0 heterocycles. The van der Waals surface area contributed by atoms with Gasteiger partial charge in [0.25, 0.3) is 5.91 Å². The van der Waals surface area contributed by atoms with Gasteiger partial charge >= 0.3 is 0 Å². The number of ether oxygens (including phenoxy) is 2. The number of halogens is 2. The van der Waals surface area contributed by atoms with Crippen molar-refractivity contribution in [3.8, 4) is 11.5 Å². The molecule has 0 spiro atoms. The van der Waals surface area contributed by atoms with E-state index < -0.39 is 23.6 Å². The van der Waals surface area contributed by atoms with Crippen molar-refractivity contribution in [2.75, 3.05) is 12.4 Å². The van der Waals surface area contributed by atoms with Gasteiger partial charge in [0.15, 0.2) is 17.7 Å². The zero-order valence-electron chi connectivity index (χ0n) is 12.1. The van der Waals surface area contributed by atoms with E-state index in [4.69, 9.17) is 9.47 Å². The zero-order valence-corrected chi connectivity index (χ0v) is 12.1. The lowest BCUT2D eigenvalue weighted by atomic mass is 10.2. The Morgan fingerprint density at radius 2 is 1.68 bits per heavy atom. The van der Waals surface area contributed by atoms with Gasteiger partial charge in [-0.1, -0.05) is 0 Å². The summed E-state index contributed by atoms with van der Waals surface area (Å²) in [6.07, 6.45) is -0.804. The average molecular weight is 307 g/mol. The van der Waals surface area contributed by atoms with Gasteiger partial charge in [0.05, 0.1) is 7.11 Å². The second-order valence-corrected chi connectivity index (χ2v) is 4.55. The van der Waals surface area contributed by atoms with E-state index in [9.17, 15) is 13.6 Å². The number of rotatable bonds is 5. The SMILES string of the molecule is COc1ccc(OC(C)C(=O)Nc2ccc(F)c(F)c2)cc1. The van der Waals surface area contributed by atoms with Crippen molar-refractivity contribution in [1.29, 1.82) is 0 Å². The first kappa shape index (κ1) is 15.8. The van der Waals surface area contributed by atoms with E-state index >= 15 is 0 Å². The highest BCUT2D eigenvalue weighted by Gasteiger charge is 2.15. The van der Waals surface area contributed by atoms with E-state index in [0.29, 0.717) is 11.5 Å². The van der Waals surface area contributed by atoms with Crippen molar-refractivity contribution in [3.05, 3.63) is 54.1 Å².